The quantitative estimate of drug-likeness (QED) is 0.664. The van der Waals surface area contributed by atoms with Crippen LogP contribution in [0.4, 0.5) is 15.8 Å². The fraction of sp³-hybridized carbons (Fsp3) is 0.455. The van der Waals surface area contributed by atoms with Gasteiger partial charge in [0.05, 0.1) is 17.6 Å². The molecule has 18 heavy (non-hydrogen) atoms. The first kappa shape index (κ1) is 14.2. The number of anilines is 1. The summed E-state index contributed by atoms with van der Waals surface area (Å²) in [7, 11) is 1.34. The molecular formula is C11H15FN2O4. The van der Waals surface area contributed by atoms with Crippen molar-refractivity contribution in [2.75, 3.05) is 12.6 Å². The molecule has 1 rings (SSSR count). The van der Waals surface area contributed by atoms with Gasteiger partial charge in [-0.3, -0.25) is 20.4 Å². The second-order valence-electron chi connectivity index (χ2n) is 4.58. The number of halogens is 1. The molecule has 0 fully saturated rings. The molecule has 0 bridgehead atoms. The minimum absolute atomic E-state index is 0.127. The SMILES string of the molecule is COc1cc(F)c([N+](=O)[O-])cc1NOC(C)(C)C. The second kappa shape index (κ2) is 5.18. The summed E-state index contributed by atoms with van der Waals surface area (Å²) < 4.78 is 18.3. The van der Waals surface area contributed by atoms with Gasteiger partial charge in [0.15, 0.2) is 0 Å². The first-order valence-corrected chi connectivity index (χ1v) is 5.20. The number of hydrogen-bond donors (Lipinski definition) is 1. The third-order valence-electron chi connectivity index (χ3n) is 1.93. The lowest BCUT2D eigenvalue weighted by molar-refractivity contribution is -0.387. The number of benzene rings is 1. The first-order valence-electron chi connectivity index (χ1n) is 5.20. The smallest absolute Gasteiger partial charge is 0.307 e. The molecule has 0 spiro atoms. The van der Waals surface area contributed by atoms with E-state index in [4.69, 9.17) is 9.57 Å². The Morgan fingerprint density at radius 3 is 2.44 bits per heavy atom. The van der Waals surface area contributed by atoms with Gasteiger partial charge in [0.25, 0.3) is 0 Å². The Balaban J connectivity index is 3.08. The van der Waals surface area contributed by atoms with Gasteiger partial charge in [-0.2, -0.15) is 4.39 Å². The molecule has 7 heteroatoms. The molecular weight excluding hydrogens is 243 g/mol. The molecule has 0 heterocycles. The van der Waals surface area contributed by atoms with Crippen molar-refractivity contribution in [3.8, 4) is 5.75 Å². The second-order valence-corrected chi connectivity index (χ2v) is 4.58. The molecule has 0 amide bonds. The minimum Gasteiger partial charge on any atom is -0.494 e. The summed E-state index contributed by atoms with van der Waals surface area (Å²) in [5, 5.41) is 10.6. The number of nitro benzene ring substituents is 1. The summed E-state index contributed by atoms with van der Waals surface area (Å²) >= 11 is 0. The van der Waals surface area contributed by atoms with Crippen molar-refractivity contribution in [3.63, 3.8) is 0 Å². The summed E-state index contributed by atoms with van der Waals surface area (Å²) in [5.41, 5.74) is 1.58. The van der Waals surface area contributed by atoms with E-state index in [0.29, 0.717) is 0 Å². The summed E-state index contributed by atoms with van der Waals surface area (Å²) in [4.78, 5) is 15.1. The van der Waals surface area contributed by atoms with Crippen molar-refractivity contribution < 1.29 is 18.9 Å². The van der Waals surface area contributed by atoms with Crippen LogP contribution in [0.15, 0.2) is 12.1 Å². The lowest BCUT2D eigenvalue weighted by Crippen LogP contribution is -2.23. The summed E-state index contributed by atoms with van der Waals surface area (Å²) in [6, 6.07) is 1.96. The van der Waals surface area contributed by atoms with Crippen LogP contribution in [0.2, 0.25) is 0 Å². The van der Waals surface area contributed by atoms with Crippen LogP contribution in [-0.4, -0.2) is 17.6 Å². The van der Waals surface area contributed by atoms with E-state index >= 15 is 0 Å². The van der Waals surface area contributed by atoms with Crippen LogP contribution in [0.3, 0.4) is 0 Å². The van der Waals surface area contributed by atoms with Crippen molar-refractivity contribution >= 4 is 11.4 Å². The molecule has 1 aromatic rings. The molecule has 100 valence electrons. The average molecular weight is 258 g/mol. The zero-order chi connectivity index (χ0) is 13.9. The van der Waals surface area contributed by atoms with Crippen LogP contribution in [0.25, 0.3) is 0 Å². The van der Waals surface area contributed by atoms with Gasteiger partial charge >= 0.3 is 5.69 Å². The van der Waals surface area contributed by atoms with Gasteiger partial charge in [0.2, 0.25) is 5.82 Å². The van der Waals surface area contributed by atoms with E-state index in [1.54, 1.807) is 20.8 Å². The first-order chi connectivity index (χ1) is 8.24. The third-order valence-corrected chi connectivity index (χ3v) is 1.93. The molecule has 0 aromatic heterocycles. The maximum atomic E-state index is 13.4. The lowest BCUT2D eigenvalue weighted by atomic mass is 10.2. The van der Waals surface area contributed by atoms with Gasteiger partial charge in [0.1, 0.15) is 11.4 Å². The van der Waals surface area contributed by atoms with Gasteiger partial charge < -0.3 is 4.74 Å². The van der Waals surface area contributed by atoms with Gasteiger partial charge in [-0.25, -0.2) is 0 Å². The normalized spacial score (nSPS) is 11.2. The Morgan fingerprint density at radius 2 is 2.00 bits per heavy atom. The highest BCUT2D eigenvalue weighted by Gasteiger charge is 2.20. The largest absolute Gasteiger partial charge is 0.494 e. The Kier molecular flexibility index (Phi) is 4.07. The number of ether oxygens (including phenoxy) is 1. The van der Waals surface area contributed by atoms with Gasteiger partial charge in [-0.05, 0) is 20.8 Å². The van der Waals surface area contributed by atoms with E-state index in [2.05, 4.69) is 5.48 Å². The molecule has 0 aliphatic carbocycles. The Labute approximate surface area is 104 Å². The highest BCUT2D eigenvalue weighted by molar-refractivity contribution is 5.61. The highest BCUT2D eigenvalue weighted by Crippen LogP contribution is 2.32. The van der Waals surface area contributed by atoms with E-state index < -0.39 is 22.0 Å². The third kappa shape index (κ3) is 3.56. The molecule has 0 aliphatic rings. The number of nitrogens with zero attached hydrogens (tertiary/aromatic N) is 1. The number of nitro groups is 1. The molecule has 0 saturated carbocycles. The predicted molar refractivity (Wildman–Crippen MR) is 64.1 cm³/mol. The topological polar surface area (TPSA) is 73.6 Å². The molecule has 0 aliphatic heterocycles. The fourth-order valence-electron chi connectivity index (χ4n) is 1.14. The summed E-state index contributed by atoms with van der Waals surface area (Å²) in [6.07, 6.45) is 0. The molecule has 0 atom stereocenters. The van der Waals surface area contributed by atoms with Crippen LogP contribution in [0, 0.1) is 15.9 Å². The highest BCUT2D eigenvalue weighted by atomic mass is 19.1. The van der Waals surface area contributed by atoms with E-state index in [9.17, 15) is 14.5 Å². The van der Waals surface area contributed by atoms with Crippen molar-refractivity contribution in [2.24, 2.45) is 0 Å². The Hall–Kier alpha value is -1.89. The number of nitrogens with one attached hydrogen (secondary N) is 1. The lowest BCUT2D eigenvalue weighted by Gasteiger charge is -2.20. The fourth-order valence-corrected chi connectivity index (χ4v) is 1.14. The Bertz CT molecular complexity index is 457. The van der Waals surface area contributed by atoms with E-state index in [1.807, 2.05) is 0 Å². The number of methoxy groups -OCH3 is 1. The van der Waals surface area contributed by atoms with E-state index in [-0.39, 0.29) is 11.4 Å². The standard InChI is InChI=1S/C11H15FN2O4/c1-11(2,3)18-13-8-6-9(14(15)16)7(12)5-10(8)17-4/h5-6,13H,1-4H3. The van der Waals surface area contributed by atoms with Gasteiger partial charge in [-0.1, -0.05) is 0 Å². The van der Waals surface area contributed by atoms with Crippen molar-refractivity contribution in [1.82, 2.24) is 0 Å². The molecule has 1 N–H and O–H groups in total. The zero-order valence-corrected chi connectivity index (χ0v) is 10.6. The summed E-state index contributed by atoms with van der Waals surface area (Å²) in [5.74, 6) is -0.833. The summed E-state index contributed by atoms with van der Waals surface area (Å²) in [6.45, 7) is 5.39. The van der Waals surface area contributed by atoms with Gasteiger partial charge in [-0.15, -0.1) is 0 Å². The predicted octanol–water partition coefficient (Wildman–Crippen LogP) is 2.88. The molecule has 6 nitrogen and oxygen atoms in total. The molecule has 0 unspecified atom stereocenters. The van der Waals surface area contributed by atoms with Crippen LogP contribution in [-0.2, 0) is 4.84 Å². The van der Waals surface area contributed by atoms with Crippen molar-refractivity contribution in [1.29, 1.82) is 0 Å². The van der Waals surface area contributed by atoms with E-state index in [0.717, 1.165) is 12.1 Å². The number of hydrogen-bond acceptors (Lipinski definition) is 5. The zero-order valence-electron chi connectivity index (χ0n) is 10.6. The van der Waals surface area contributed by atoms with Crippen LogP contribution in [0.1, 0.15) is 20.8 Å². The van der Waals surface area contributed by atoms with Gasteiger partial charge in [0, 0.05) is 12.1 Å². The maximum absolute atomic E-state index is 13.4. The van der Waals surface area contributed by atoms with Crippen LogP contribution < -0.4 is 10.2 Å². The Morgan fingerprint density at radius 1 is 1.39 bits per heavy atom. The monoisotopic (exact) mass is 258 g/mol. The van der Waals surface area contributed by atoms with Crippen LogP contribution >= 0.6 is 0 Å². The maximum Gasteiger partial charge on any atom is 0.307 e. The average Bonchev–Trinajstić information content (AvgIpc) is 2.25. The van der Waals surface area contributed by atoms with E-state index in [1.165, 1.54) is 7.11 Å². The molecule has 0 saturated heterocycles. The molecule has 0 radical (unpaired) electrons. The molecule has 1 aromatic carbocycles. The van der Waals surface area contributed by atoms with Crippen LogP contribution in [0.5, 0.6) is 5.75 Å². The van der Waals surface area contributed by atoms with Crippen molar-refractivity contribution in [2.45, 2.75) is 26.4 Å². The number of rotatable bonds is 4. The minimum atomic E-state index is -0.960. The van der Waals surface area contributed by atoms with Crippen molar-refractivity contribution in [3.05, 3.63) is 28.1 Å².